The van der Waals surface area contributed by atoms with Crippen LogP contribution in [0.25, 0.3) is 0 Å². The highest BCUT2D eigenvalue weighted by Gasteiger charge is 2.35. The highest BCUT2D eigenvalue weighted by Crippen LogP contribution is 2.16. The van der Waals surface area contributed by atoms with E-state index in [4.69, 9.17) is 10.8 Å². The maximum absolute atomic E-state index is 12.2. The summed E-state index contributed by atoms with van der Waals surface area (Å²) < 4.78 is 0. The Morgan fingerprint density at radius 1 is 1.36 bits per heavy atom. The highest BCUT2D eigenvalue weighted by atomic mass is 16.4. The summed E-state index contributed by atoms with van der Waals surface area (Å²) in [5.41, 5.74) is 7.73. The fourth-order valence-corrected chi connectivity index (χ4v) is 2.98. The van der Waals surface area contributed by atoms with E-state index in [0.717, 1.165) is 11.1 Å². The predicted molar refractivity (Wildman–Crippen MR) is 92.0 cm³/mol. The molecule has 0 bridgehead atoms. The van der Waals surface area contributed by atoms with Gasteiger partial charge in [0.2, 0.25) is 11.8 Å². The van der Waals surface area contributed by atoms with Gasteiger partial charge in [-0.2, -0.15) is 0 Å². The lowest BCUT2D eigenvalue weighted by Gasteiger charge is -2.22. The van der Waals surface area contributed by atoms with Crippen molar-refractivity contribution in [2.75, 3.05) is 20.1 Å². The number of carboxylic acid groups (broad SMARTS) is 1. The fraction of sp³-hybridized carbons (Fsp3) is 0.471. The number of aryl methyl sites for hydroxylation is 1. The van der Waals surface area contributed by atoms with E-state index in [1.165, 1.54) is 6.07 Å². The molecule has 0 saturated carbocycles. The van der Waals surface area contributed by atoms with Gasteiger partial charge in [0.15, 0.2) is 0 Å². The summed E-state index contributed by atoms with van der Waals surface area (Å²) >= 11 is 0. The van der Waals surface area contributed by atoms with Crippen molar-refractivity contribution in [3.8, 4) is 0 Å². The van der Waals surface area contributed by atoms with Crippen LogP contribution in [-0.2, 0) is 16.1 Å². The van der Waals surface area contributed by atoms with Gasteiger partial charge in [-0.15, -0.1) is 0 Å². The summed E-state index contributed by atoms with van der Waals surface area (Å²) in [5.74, 6) is -1.39. The number of carbonyl (C=O) groups excluding carboxylic acids is 2. The Balaban J connectivity index is 1.95. The van der Waals surface area contributed by atoms with Gasteiger partial charge in [-0.1, -0.05) is 6.07 Å². The molecular weight excluding hydrogens is 324 g/mol. The number of benzene rings is 1. The molecule has 0 unspecified atom stereocenters. The van der Waals surface area contributed by atoms with Crippen LogP contribution in [0.5, 0.6) is 0 Å². The average molecular weight is 348 g/mol. The topological polar surface area (TPSA) is 125 Å². The van der Waals surface area contributed by atoms with E-state index >= 15 is 0 Å². The molecule has 0 spiro atoms. The number of hydrogen-bond acceptors (Lipinski definition) is 5. The van der Waals surface area contributed by atoms with E-state index in [1.54, 1.807) is 24.1 Å². The second-order valence-corrected chi connectivity index (χ2v) is 6.28. The Hall–Kier alpha value is -2.45. The van der Waals surface area contributed by atoms with Gasteiger partial charge < -0.3 is 21.5 Å². The Morgan fingerprint density at radius 3 is 2.72 bits per heavy atom. The van der Waals surface area contributed by atoms with Crippen LogP contribution in [0.3, 0.4) is 0 Å². The van der Waals surface area contributed by atoms with E-state index in [-0.39, 0.29) is 36.5 Å². The molecule has 1 saturated heterocycles. The minimum absolute atomic E-state index is 0.0729. The predicted octanol–water partition coefficient (Wildman–Crippen LogP) is -0.543. The first kappa shape index (κ1) is 18.9. The number of rotatable bonds is 6. The second-order valence-electron chi connectivity index (χ2n) is 6.28. The van der Waals surface area contributed by atoms with Crippen LogP contribution in [0.1, 0.15) is 27.9 Å². The number of hydrogen-bond donors (Lipinski definition) is 4. The van der Waals surface area contributed by atoms with E-state index in [1.807, 2.05) is 6.92 Å². The third-order valence-electron chi connectivity index (χ3n) is 4.40. The van der Waals surface area contributed by atoms with Crippen LogP contribution in [0.2, 0.25) is 0 Å². The second kappa shape index (κ2) is 8.09. The van der Waals surface area contributed by atoms with Gasteiger partial charge in [0.1, 0.15) is 0 Å². The first-order valence-electron chi connectivity index (χ1n) is 8.12. The lowest BCUT2D eigenvalue weighted by Crippen LogP contribution is -2.46. The van der Waals surface area contributed by atoms with Gasteiger partial charge in [-0.05, 0) is 36.6 Å². The maximum atomic E-state index is 12.2. The van der Waals surface area contributed by atoms with Crippen molar-refractivity contribution in [1.29, 1.82) is 0 Å². The number of nitrogens with one attached hydrogen (secondary N) is 2. The normalized spacial score (nSPS) is 20.3. The number of likely N-dealkylation sites (N-methyl/N-ethyl adjacent to an activating group) is 1. The van der Waals surface area contributed by atoms with E-state index in [0.29, 0.717) is 13.0 Å². The number of nitrogens with zero attached hydrogens (tertiary/aromatic N) is 1. The lowest BCUT2D eigenvalue weighted by atomic mass is 10.0. The van der Waals surface area contributed by atoms with Crippen molar-refractivity contribution in [3.63, 3.8) is 0 Å². The van der Waals surface area contributed by atoms with Crippen LogP contribution in [-0.4, -0.2) is 60.0 Å². The molecule has 8 heteroatoms. The zero-order chi connectivity index (χ0) is 18.6. The summed E-state index contributed by atoms with van der Waals surface area (Å²) in [6.07, 6.45) is 0.521. The molecule has 2 amide bonds. The molecule has 1 aromatic carbocycles. The average Bonchev–Trinajstić information content (AvgIpc) is 2.93. The molecule has 1 fully saturated rings. The highest BCUT2D eigenvalue weighted by molar-refractivity contribution is 5.88. The van der Waals surface area contributed by atoms with Crippen LogP contribution >= 0.6 is 0 Å². The Kier molecular flexibility index (Phi) is 6.11. The number of amides is 2. The molecule has 25 heavy (non-hydrogen) atoms. The van der Waals surface area contributed by atoms with E-state index in [2.05, 4.69) is 10.6 Å². The monoisotopic (exact) mass is 348 g/mol. The molecule has 2 rings (SSSR count). The Morgan fingerprint density at radius 2 is 2.08 bits per heavy atom. The van der Waals surface area contributed by atoms with Crippen LogP contribution in [0.15, 0.2) is 18.2 Å². The van der Waals surface area contributed by atoms with E-state index < -0.39 is 12.0 Å². The molecule has 5 N–H and O–H groups in total. The molecule has 136 valence electrons. The molecule has 1 heterocycles. The van der Waals surface area contributed by atoms with Crippen LogP contribution in [0.4, 0.5) is 0 Å². The van der Waals surface area contributed by atoms with Gasteiger partial charge in [0, 0.05) is 26.2 Å². The molecule has 0 aliphatic carbocycles. The van der Waals surface area contributed by atoms with Gasteiger partial charge in [-0.3, -0.25) is 14.5 Å². The lowest BCUT2D eigenvalue weighted by molar-refractivity contribution is -0.127. The van der Waals surface area contributed by atoms with Gasteiger partial charge >= 0.3 is 5.97 Å². The number of carbonyl (C=O) groups is 3. The van der Waals surface area contributed by atoms with Crippen molar-refractivity contribution in [3.05, 3.63) is 34.9 Å². The van der Waals surface area contributed by atoms with Crippen molar-refractivity contribution >= 4 is 17.8 Å². The maximum Gasteiger partial charge on any atom is 0.335 e. The standard InChI is InChI=1S/C17H24N4O4/c1-10-3-4-11(17(24)25)5-12(10)7-20-15(22)9-21-8-13(18)6-14(21)16(23)19-2/h3-5,13-14H,6-9,18H2,1-2H3,(H,19,23)(H,20,22)(H,24,25)/t13-,14+/m1/s1. The molecule has 1 aliphatic heterocycles. The molecule has 1 aromatic rings. The van der Waals surface area contributed by atoms with Crippen molar-refractivity contribution in [2.24, 2.45) is 5.73 Å². The van der Waals surface area contributed by atoms with Crippen molar-refractivity contribution in [2.45, 2.75) is 32.0 Å². The summed E-state index contributed by atoms with van der Waals surface area (Å²) in [4.78, 5) is 36.9. The zero-order valence-electron chi connectivity index (χ0n) is 14.4. The summed E-state index contributed by atoms with van der Waals surface area (Å²) in [6.45, 7) is 2.65. The molecule has 0 radical (unpaired) electrons. The number of carboxylic acids is 1. The Bertz CT molecular complexity index is 677. The van der Waals surface area contributed by atoms with Gasteiger partial charge in [-0.25, -0.2) is 4.79 Å². The zero-order valence-corrected chi connectivity index (χ0v) is 14.4. The Labute approximate surface area is 146 Å². The van der Waals surface area contributed by atoms with Crippen molar-refractivity contribution in [1.82, 2.24) is 15.5 Å². The fourth-order valence-electron chi connectivity index (χ4n) is 2.98. The smallest absolute Gasteiger partial charge is 0.335 e. The van der Waals surface area contributed by atoms with Crippen LogP contribution in [0, 0.1) is 6.92 Å². The first-order chi connectivity index (χ1) is 11.8. The SMILES string of the molecule is CNC(=O)[C@@H]1C[C@@H](N)CN1CC(=O)NCc1cc(C(=O)O)ccc1C. The quantitative estimate of drug-likeness (QED) is 0.547. The van der Waals surface area contributed by atoms with E-state index in [9.17, 15) is 14.4 Å². The number of aromatic carboxylic acids is 1. The molecule has 8 nitrogen and oxygen atoms in total. The van der Waals surface area contributed by atoms with Gasteiger partial charge in [0.05, 0.1) is 18.2 Å². The molecular formula is C17H24N4O4. The number of nitrogens with two attached hydrogens (primary N) is 1. The minimum atomic E-state index is -1.01. The minimum Gasteiger partial charge on any atom is -0.478 e. The summed E-state index contributed by atoms with van der Waals surface area (Å²) in [6, 6.07) is 4.26. The number of likely N-dealkylation sites (tertiary alicyclic amines) is 1. The third-order valence-corrected chi connectivity index (χ3v) is 4.40. The van der Waals surface area contributed by atoms with Gasteiger partial charge in [0.25, 0.3) is 0 Å². The van der Waals surface area contributed by atoms with Crippen LogP contribution < -0.4 is 16.4 Å². The molecule has 1 aliphatic rings. The van der Waals surface area contributed by atoms with Crippen molar-refractivity contribution < 1.29 is 19.5 Å². The first-order valence-corrected chi connectivity index (χ1v) is 8.12. The molecule has 2 atom stereocenters. The largest absolute Gasteiger partial charge is 0.478 e. The third kappa shape index (κ3) is 4.77. The summed E-state index contributed by atoms with van der Waals surface area (Å²) in [7, 11) is 1.56. The summed E-state index contributed by atoms with van der Waals surface area (Å²) in [5, 5.41) is 14.4. The molecule has 0 aromatic heterocycles.